The summed E-state index contributed by atoms with van der Waals surface area (Å²) >= 11 is 0. The molecular formula is C27H38O8. The van der Waals surface area contributed by atoms with Crippen LogP contribution in [0.15, 0.2) is 23.3 Å². The molecule has 194 valence electrons. The fraction of sp³-hybridized carbons (Fsp3) is 0.741. The van der Waals surface area contributed by atoms with E-state index in [4.69, 9.17) is 14.2 Å². The van der Waals surface area contributed by atoms with Crippen LogP contribution in [0.4, 0.5) is 0 Å². The van der Waals surface area contributed by atoms with E-state index in [2.05, 4.69) is 0 Å². The number of aliphatic hydroxyl groups is 2. The number of epoxide rings is 1. The van der Waals surface area contributed by atoms with Gasteiger partial charge in [-0.05, 0) is 56.1 Å². The van der Waals surface area contributed by atoms with Crippen LogP contribution in [0.25, 0.3) is 0 Å². The minimum atomic E-state index is -1.24. The molecule has 0 bridgehead atoms. The Hall–Kier alpha value is -2.03. The number of ether oxygens (including phenoxy) is 3. The van der Waals surface area contributed by atoms with E-state index in [-0.39, 0.29) is 23.5 Å². The van der Waals surface area contributed by atoms with Gasteiger partial charge in [-0.25, -0.2) is 4.79 Å². The molecule has 0 aromatic carbocycles. The molecule has 1 unspecified atom stereocenters. The third-order valence-corrected chi connectivity index (χ3v) is 9.03. The average molecular weight is 491 g/mol. The molecule has 1 saturated heterocycles. The van der Waals surface area contributed by atoms with Crippen molar-refractivity contribution in [2.75, 3.05) is 0 Å². The molecule has 1 aliphatic heterocycles. The molecule has 0 aromatic heterocycles. The monoisotopic (exact) mass is 490 g/mol. The minimum absolute atomic E-state index is 0.166. The number of carbonyl (C=O) groups excluding carboxylic acids is 3. The second kappa shape index (κ2) is 8.25. The summed E-state index contributed by atoms with van der Waals surface area (Å²) in [5.41, 5.74) is -2.06. The second-order valence-electron chi connectivity index (χ2n) is 11.6. The summed E-state index contributed by atoms with van der Waals surface area (Å²) in [6.07, 6.45) is -0.187. The van der Waals surface area contributed by atoms with Crippen LogP contribution >= 0.6 is 0 Å². The van der Waals surface area contributed by atoms with Crippen molar-refractivity contribution < 1.29 is 38.8 Å². The molecule has 0 radical (unpaired) electrons. The van der Waals surface area contributed by atoms with E-state index in [1.165, 1.54) is 6.92 Å². The van der Waals surface area contributed by atoms with Crippen molar-refractivity contribution in [2.24, 2.45) is 29.1 Å². The Kier molecular flexibility index (Phi) is 6.14. The van der Waals surface area contributed by atoms with Crippen molar-refractivity contribution in [2.45, 2.75) is 97.4 Å². The zero-order valence-electron chi connectivity index (χ0n) is 21.8. The van der Waals surface area contributed by atoms with E-state index in [9.17, 15) is 24.6 Å². The lowest BCUT2D eigenvalue weighted by Gasteiger charge is -2.28. The highest BCUT2D eigenvalue weighted by Gasteiger charge is 2.83. The molecule has 10 atom stereocenters. The van der Waals surface area contributed by atoms with Crippen molar-refractivity contribution in [3.8, 4) is 0 Å². The predicted molar refractivity (Wildman–Crippen MR) is 126 cm³/mol. The van der Waals surface area contributed by atoms with E-state index in [1.807, 2.05) is 20.8 Å². The maximum atomic E-state index is 13.8. The Balaban J connectivity index is 1.83. The molecule has 4 aliphatic rings. The lowest BCUT2D eigenvalue weighted by molar-refractivity contribution is -0.153. The van der Waals surface area contributed by atoms with Gasteiger partial charge < -0.3 is 24.4 Å². The molecular weight excluding hydrogens is 452 g/mol. The molecule has 3 fully saturated rings. The number of carbonyl (C=O) groups is 3. The fourth-order valence-corrected chi connectivity index (χ4v) is 6.87. The highest BCUT2D eigenvalue weighted by molar-refractivity contribution is 5.96. The summed E-state index contributed by atoms with van der Waals surface area (Å²) in [6.45, 7) is 13.9. The SMILES string of the molecule is C/C=C(/C)C(=O)OC1[C@H](O)/C(C)=C/[C@@]23O[C@@]2(C[C@H](C)[C@@H]3OC(C)=O)C(=O)[C@H](C)[C@H](O)[C@@H]2[C@H]1C2(C)C. The number of Topliss-reactive ketones (excluding diaryl/α,β-unsaturated/α-hetero) is 1. The van der Waals surface area contributed by atoms with Crippen LogP contribution in [-0.4, -0.2) is 63.6 Å². The van der Waals surface area contributed by atoms with Gasteiger partial charge in [-0.15, -0.1) is 0 Å². The summed E-state index contributed by atoms with van der Waals surface area (Å²) in [5, 5.41) is 22.9. The molecule has 4 rings (SSSR count). The quantitative estimate of drug-likeness (QED) is 0.268. The van der Waals surface area contributed by atoms with Gasteiger partial charge in [-0.2, -0.15) is 0 Å². The summed E-state index contributed by atoms with van der Waals surface area (Å²) in [5.74, 6) is -2.89. The largest absolute Gasteiger partial charge is 0.459 e. The Labute approximate surface area is 206 Å². The number of hydrogen-bond donors (Lipinski definition) is 2. The van der Waals surface area contributed by atoms with Crippen LogP contribution in [-0.2, 0) is 28.6 Å². The fourth-order valence-electron chi connectivity index (χ4n) is 6.87. The predicted octanol–water partition coefficient (Wildman–Crippen LogP) is 2.50. The molecule has 2 saturated carbocycles. The second-order valence-corrected chi connectivity index (χ2v) is 11.6. The first-order chi connectivity index (χ1) is 16.2. The Morgan fingerprint density at radius 3 is 2.34 bits per heavy atom. The molecule has 8 nitrogen and oxygen atoms in total. The van der Waals surface area contributed by atoms with Crippen molar-refractivity contribution >= 4 is 17.7 Å². The summed E-state index contributed by atoms with van der Waals surface area (Å²) < 4.78 is 17.6. The zero-order chi connectivity index (χ0) is 26.2. The van der Waals surface area contributed by atoms with Crippen molar-refractivity contribution in [3.63, 3.8) is 0 Å². The molecule has 0 amide bonds. The van der Waals surface area contributed by atoms with Crippen LogP contribution in [0.5, 0.6) is 0 Å². The number of ketones is 1. The first-order valence-corrected chi connectivity index (χ1v) is 12.5. The van der Waals surface area contributed by atoms with Gasteiger partial charge in [0.1, 0.15) is 18.3 Å². The van der Waals surface area contributed by atoms with Crippen LogP contribution in [0.3, 0.4) is 0 Å². The van der Waals surface area contributed by atoms with E-state index >= 15 is 0 Å². The first-order valence-electron chi connectivity index (χ1n) is 12.5. The Bertz CT molecular complexity index is 1010. The topological polar surface area (TPSA) is 123 Å². The van der Waals surface area contributed by atoms with Gasteiger partial charge in [0.05, 0.1) is 6.10 Å². The van der Waals surface area contributed by atoms with Crippen LogP contribution in [0.1, 0.15) is 61.8 Å². The molecule has 8 heteroatoms. The van der Waals surface area contributed by atoms with Gasteiger partial charge >= 0.3 is 11.9 Å². The van der Waals surface area contributed by atoms with Gasteiger partial charge in [0, 0.05) is 24.3 Å². The normalized spacial score (nSPS) is 47.8. The Morgan fingerprint density at radius 2 is 1.77 bits per heavy atom. The zero-order valence-corrected chi connectivity index (χ0v) is 21.8. The summed E-state index contributed by atoms with van der Waals surface area (Å²) in [4.78, 5) is 38.5. The highest BCUT2D eigenvalue weighted by Crippen LogP contribution is 2.68. The van der Waals surface area contributed by atoms with Gasteiger partial charge in [-0.3, -0.25) is 9.59 Å². The van der Waals surface area contributed by atoms with Crippen LogP contribution < -0.4 is 0 Å². The number of hydrogen-bond acceptors (Lipinski definition) is 8. The minimum Gasteiger partial charge on any atom is -0.459 e. The summed E-state index contributed by atoms with van der Waals surface area (Å²) in [7, 11) is 0. The van der Waals surface area contributed by atoms with E-state index < -0.39 is 58.9 Å². The lowest BCUT2D eigenvalue weighted by atomic mass is 9.80. The number of fused-ring (bicyclic) bond motifs is 1. The van der Waals surface area contributed by atoms with E-state index in [1.54, 1.807) is 39.8 Å². The highest BCUT2D eigenvalue weighted by atomic mass is 16.7. The number of rotatable bonds is 3. The lowest BCUT2D eigenvalue weighted by Crippen LogP contribution is -2.42. The van der Waals surface area contributed by atoms with E-state index in [0.29, 0.717) is 17.6 Å². The summed E-state index contributed by atoms with van der Waals surface area (Å²) in [6, 6.07) is 0. The Morgan fingerprint density at radius 1 is 1.14 bits per heavy atom. The standard InChI is InChI=1S/C27H38O8/c1-9-12(2)24(32)34-21-18-17(25(18,7)8)20(30)15(5)22(31)26-11-14(4)23(33-16(6)28)27(26,35-26)10-13(3)19(21)29/h9-10,14-15,17-21,23,29-30H,11H2,1-8H3/b12-9-,13-10+/t14-,15+,17-,18+,19+,20-,21?,23-,26-,27-/m0/s1. The molecule has 3 aliphatic carbocycles. The number of allylic oxidation sites excluding steroid dienone is 1. The van der Waals surface area contributed by atoms with Crippen molar-refractivity contribution in [3.05, 3.63) is 23.3 Å². The molecule has 35 heavy (non-hydrogen) atoms. The van der Waals surface area contributed by atoms with Gasteiger partial charge in [0.2, 0.25) is 0 Å². The van der Waals surface area contributed by atoms with Gasteiger partial charge in [-0.1, -0.05) is 33.8 Å². The van der Waals surface area contributed by atoms with Gasteiger partial charge in [0.25, 0.3) is 0 Å². The maximum Gasteiger partial charge on any atom is 0.333 e. The smallest absolute Gasteiger partial charge is 0.333 e. The number of aliphatic hydroxyl groups excluding tert-OH is 2. The number of esters is 2. The van der Waals surface area contributed by atoms with Crippen molar-refractivity contribution in [1.29, 1.82) is 0 Å². The molecule has 2 N–H and O–H groups in total. The molecule has 0 spiro atoms. The first kappa shape index (κ1) is 26.0. The molecule has 0 aromatic rings. The third kappa shape index (κ3) is 3.63. The van der Waals surface area contributed by atoms with Crippen molar-refractivity contribution in [1.82, 2.24) is 0 Å². The maximum absolute atomic E-state index is 13.8. The van der Waals surface area contributed by atoms with E-state index in [0.717, 1.165) is 0 Å². The van der Waals surface area contributed by atoms with Crippen LogP contribution in [0, 0.1) is 29.1 Å². The third-order valence-electron chi connectivity index (χ3n) is 9.03. The van der Waals surface area contributed by atoms with Gasteiger partial charge in [0.15, 0.2) is 17.0 Å². The van der Waals surface area contributed by atoms with Crippen LogP contribution in [0.2, 0.25) is 0 Å². The molecule has 1 heterocycles. The average Bonchev–Trinajstić information content (AvgIpc) is 3.58.